The SMILES string of the molecule is N#Cc1cccc(S(=O)(=O)NCC2=NN(c3ccc(Cl)cc3Cl)C(c3ccc(Cl)cc3)C2)c1. The summed E-state index contributed by atoms with van der Waals surface area (Å²) in [5.41, 5.74) is 2.50. The van der Waals surface area contributed by atoms with Gasteiger partial charge in [-0.2, -0.15) is 10.4 Å². The highest BCUT2D eigenvalue weighted by Crippen LogP contribution is 2.39. The summed E-state index contributed by atoms with van der Waals surface area (Å²) in [7, 11) is -3.83. The molecule has 0 bridgehead atoms. The number of halogens is 3. The number of nitriles is 1. The second-order valence-corrected chi connectivity index (χ2v) is 10.4. The molecule has 3 aromatic carbocycles. The first kappa shape index (κ1) is 23.6. The molecule has 10 heteroatoms. The Morgan fingerprint density at radius 3 is 2.45 bits per heavy atom. The summed E-state index contributed by atoms with van der Waals surface area (Å²) < 4.78 is 28.1. The number of nitrogens with one attached hydrogen (secondary N) is 1. The molecule has 1 heterocycles. The second-order valence-electron chi connectivity index (χ2n) is 7.34. The lowest BCUT2D eigenvalue weighted by Crippen LogP contribution is -2.29. The van der Waals surface area contributed by atoms with E-state index in [9.17, 15) is 8.42 Å². The molecule has 0 amide bonds. The predicted octanol–water partition coefficient (Wildman–Crippen LogP) is 5.80. The van der Waals surface area contributed by atoms with Crippen LogP contribution < -0.4 is 9.73 Å². The van der Waals surface area contributed by atoms with Gasteiger partial charge >= 0.3 is 0 Å². The Kier molecular flexibility index (Phi) is 6.94. The first-order chi connectivity index (χ1) is 15.8. The third kappa shape index (κ3) is 5.32. The van der Waals surface area contributed by atoms with Crippen LogP contribution in [-0.2, 0) is 10.0 Å². The Morgan fingerprint density at radius 1 is 1.03 bits per heavy atom. The minimum Gasteiger partial charge on any atom is -0.256 e. The molecule has 0 saturated heterocycles. The molecule has 6 nitrogen and oxygen atoms in total. The van der Waals surface area contributed by atoms with Crippen molar-refractivity contribution in [2.75, 3.05) is 11.6 Å². The Bertz CT molecular complexity index is 1370. The summed E-state index contributed by atoms with van der Waals surface area (Å²) in [6.45, 7) is 0.00487. The zero-order valence-electron chi connectivity index (χ0n) is 17.0. The quantitative estimate of drug-likeness (QED) is 0.446. The van der Waals surface area contributed by atoms with Gasteiger partial charge in [-0.3, -0.25) is 5.01 Å². The molecular formula is C23H17Cl3N4O2S. The lowest BCUT2D eigenvalue weighted by atomic mass is 10.0. The third-order valence-electron chi connectivity index (χ3n) is 5.12. The maximum atomic E-state index is 12.7. The van der Waals surface area contributed by atoms with E-state index in [1.165, 1.54) is 18.2 Å². The van der Waals surface area contributed by atoms with Crippen molar-refractivity contribution in [1.82, 2.24) is 4.72 Å². The molecule has 1 N–H and O–H groups in total. The first-order valence-electron chi connectivity index (χ1n) is 9.83. The molecule has 1 aliphatic rings. The van der Waals surface area contributed by atoms with Crippen molar-refractivity contribution in [2.24, 2.45) is 5.10 Å². The number of sulfonamides is 1. The van der Waals surface area contributed by atoms with E-state index in [0.29, 0.717) is 32.9 Å². The molecule has 1 atom stereocenters. The first-order valence-corrected chi connectivity index (χ1v) is 12.4. The van der Waals surface area contributed by atoms with E-state index in [2.05, 4.69) is 9.82 Å². The van der Waals surface area contributed by atoms with Crippen LogP contribution in [0.1, 0.15) is 23.6 Å². The normalized spacial score (nSPS) is 15.9. The van der Waals surface area contributed by atoms with Gasteiger partial charge in [-0.25, -0.2) is 13.1 Å². The molecular weight excluding hydrogens is 503 g/mol. The van der Waals surface area contributed by atoms with Gasteiger partial charge in [-0.15, -0.1) is 0 Å². The van der Waals surface area contributed by atoms with E-state index in [4.69, 9.17) is 40.1 Å². The molecule has 1 unspecified atom stereocenters. The molecule has 33 heavy (non-hydrogen) atoms. The number of hydrogen-bond acceptors (Lipinski definition) is 5. The van der Waals surface area contributed by atoms with E-state index >= 15 is 0 Å². The Morgan fingerprint density at radius 2 is 1.76 bits per heavy atom. The van der Waals surface area contributed by atoms with Crippen LogP contribution in [0, 0.1) is 11.3 Å². The monoisotopic (exact) mass is 518 g/mol. The van der Waals surface area contributed by atoms with Crippen molar-refractivity contribution < 1.29 is 8.42 Å². The van der Waals surface area contributed by atoms with Gasteiger partial charge in [0.05, 0.1) is 45.5 Å². The lowest BCUT2D eigenvalue weighted by molar-refractivity contribution is 0.586. The van der Waals surface area contributed by atoms with Crippen LogP contribution in [0.2, 0.25) is 15.1 Å². The number of rotatable bonds is 6. The second kappa shape index (κ2) is 9.72. The number of benzene rings is 3. The number of hydrogen-bond donors (Lipinski definition) is 1. The highest BCUT2D eigenvalue weighted by molar-refractivity contribution is 7.89. The fourth-order valence-corrected chi connectivity index (χ4v) is 5.19. The molecule has 0 aliphatic carbocycles. The van der Waals surface area contributed by atoms with Crippen molar-refractivity contribution >= 4 is 56.2 Å². The van der Waals surface area contributed by atoms with Crippen LogP contribution in [0.15, 0.2) is 76.7 Å². The number of anilines is 1. The van der Waals surface area contributed by atoms with Gasteiger partial charge in [-0.1, -0.05) is 53.0 Å². The third-order valence-corrected chi connectivity index (χ3v) is 7.31. The molecule has 1 aliphatic heterocycles. The molecule has 0 saturated carbocycles. The lowest BCUT2D eigenvalue weighted by Gasteiger charge is -2.25. The van der Waals surface area contributed by atoms with E-state index in [-0.39, 0.29) is 23.0 Å². The summed E-state index contributed by atoms with van der Waals surface area (Å²) in [5, 5.41) is 17.0. The molecule has 0 fully saturated rings. The largest absolute Gasteiger partial charge is 0.256 e. The predicted molar refractivity (Wildman–Crippen MR) is 132 cm³/mol. The van der Waals surface area contributed by atoms with Gasteiger partial charge in [0.25, 0.3) is 0 Å². The van der Waals surface area contributed by atoms with Crippen molar-refractivity contribution in [3.63, 3.8) is 0 Å². The topological polar surface area (TPSA) is 85.6 Å². The van der Waals surface area contributed by atoms with Crippen LogP contribution in [0.25, 0.3) is 0 Å². The summed E-state index contributed by atoms with van der Waals surface area (Å²) in [5.74, 6) is 0. The molecule has 0 spiro atoms. The van der Waals surface area contributed by atoms with E-state index in [1.54, 1.807) is 41.4 Å². The zero-order chi connectivity index (χ0) is 23.6. The van der Waals surface area contributed by atoms with Crippen LogP contribution in [0.3, 0.4) is 0 Å². The molecule has 3 aromatic rings. The van der Waals surface area contributed by atoms with Crippen molar-refractivity contribution in [1.29, 1.82) is 5.26 Å². The summed E-state index contributed by atoms with van der Waals surface area (Å²) >= 11 is 18.5. The fourth-order valence-electron chi connectivity index (χ4n) is 3.51. The van der Waals surface area contributed by atoms with Gasteiger partial charge < -0.3 is 0 Å². The van der Waals surface area contributed by atoms with Crippen LogP contribution in [0.5, 0.6) is 0 Å². The van der Waals surface area contributed by atoms with Crippen LogP contribution >= 0.6 is 34.8 Å². The van der Waals surface area contributed by atoms with Crippen molar-refractivity contribution in [3.05, 3.63) is 92.9 Å². The van der Waals surface area contributed by atoms with Gasteiger partial charge in [0.2, 0.25) is 10.0 Å². The molecule has 0 aromatic heterocycles. The zero-order valence-corrected chi connectivity index (χ0v) is 20.1. The minimum atomic E-state index is -3.83. The Balaban J connectivity index is 1.61. The molecule has 0 radical (unpaired) electrons. The standard InChI is InChI=1S/C23H17Cl3N4O2S/c24-17-6-4-16(5-7-17)23-12-19(29-30(23)22-9-8-18(25)11-21(22)26)14-28-33(31,32)20-3-1-2-15(10-20)13-27/h1-11,23,28H,12,14H2. The summed E-state index contributed by atoms with van der Waals surface area (Å²) in [4.78, 5) is 0.0204. The number of hydrazone groups is 1. The van der Waals surface area contributed by atoms with Crippen LogP contribution in [0.4, 0.5) is 5.69 Å². The van der Waals surface area contributed by atoms with Crippen LogP contribution in [-0.4, -0.2) is 20.7 Å². The highest BCUT2D eigenvalue weighted by atomic mass is 35.5. The van der Waals surface area contributed by atoms with E-state index in [0.717, 1.165) is 5.56 Å². The number of nitrogens with zero attached hydrogens (tertiary/aromatic N) is 3. The van der Waals surface area contributed by atoms with Crippen molar-refractivity contribution in [3.8, 4) is 6.07 Å². The average molecular weight is 520 g/mol. The van der Waals surface area contributed by atoms with Gasteiger partial charge in [-0.05, 0) is 54.1 Å². The smallest absolute Gasteiger partial charge is 0.240 e. The van der Waals surface area contributed by atoms with Crippen molar-refractivity contribution in [2.45, 2.75) is 17.4 Å². The fraction of sp³-hybridized carbons (Fsp3) is 0.130. The van der Waals surface area contributed by atoms with Gasteiger partial charge in [0.15, 0.2) is 0 Å². The minimum absolute atomic E-state index is 0.00487. The molecule has 4 rings (SSSR count). The highest BCUT2D eigenvalue weighted by Gasteiger charge is 2.31. The maximum absolute atomic E-state index is 12.7. The van der Waals surface area contributed by atoms with Gasteiger partial charge in [0.1, 0.15) is 0 Å². The average Bonchev–Trinajstić information content (AvgIpc) is 3.22. The summed E-state index contributed by atoms with van der Waals surface area (Å²) in [6.07, 6.45) is 0.474. The Hall–Kier alpha value is -2.60. The Labute approximate surface area is 207 Å². The molecule has 168 valence electrons. The van der Waals surface area contributed by atoms with E-state index in [1.807, 2.05) is 18.2 Å². The summed E-state index contributed by atoms with van der Waals surface area (Å²) in [6, 6.07) is 20.1. The van der Waals surface area contributed by atoms with E-state index < -0.39 is 10.0 Å². The van der Waals surface area contributed by atoms with Gasteiger partial charge in [0, 0.05) is 16.5 Å². The maximum Gasteiger partial charge on any atom is 0.240 e.